The Kier molecular flexibility index (Phi) is 6.06. The van der Waals surface area contributed by atoms with E-state index in [1.807, 2.05) is 25.1 Å². The van der Waals surface area contributed by atoms with Gasteiger partial charge in [0.2, 0.25) is 5.91 Å². The third-order valence-electron chi connectivity index (χ3n) is 4.64. The van der Waals surface area contributed by atoms with Crippen LogP contribution in [-0.4, -0.2) is 25.7 Å². The van der Waals surface area contributed by atoms with E-state index in [1.54, 1.807) is 55.6 Å². The first-order valence-electron chi connectivity index (χ1n) is 9.60. The van der Waals surface area contributed by atoms with Gasteiger partial charge in [-0.25, -0.2) is 14.5 Å². The lowest BCUT2D eigenvalue weighted by molar-refractivity contribution is -0.115. The minimum atomic E-state index is -0.514. The maximum Gasteiger partial charge on any atom is 0.267 e. The largest absolute Gasteiger partial charge is 0.325 e. The Morgan fingerprint density at radius 3 is 2.61 bits per heavy atom. The fourth-order valence-corrected chi connectivity index (χ4v) is 4.07. The van der Waals surface area contributed by atoms with Crippen LogP contribution in [0.2, 0.25) is 5.02 Å². The summed E-state index contributed by atoms with van der Waals surface area (Å²) in [6.07, 6.45) is 1.65. The lowest BCUT2D eigenvalue weighted by Gasteiger charge is -2.16. The number of fused-ring (bicyclic) bond motifs is 1. The summed E-state index contributed by atoms with van der Waals surface area (Å²) >= 11 is 7.11. The Bertz CT molecular complexity index is 1320. The fraction of sp³-hybridized carbons (Fsp3) is 0.130. The monoisotopic (exact) mass is 450 g/mol. The van der Waals surface area contributed by atoms with E-state index >= 15 is 0 Å². The number of nitrogens with zero attached hydrogens (tertiary/aromatic N) is 3. The molecule has 0 saturated carbocycles. The van der Waals surface area contributed by atoms with Gasteiger partial charge in [-0.2, -0.15) is 0 Å². The molecule has 31 heavy (non-hydrogen) atoms. The average molecular weight is 451 g/mol. The number of carbonyl (C=O) groups is 1. The van der Waals surface area contributed by atoms with E-state index in [4.69, 9.17) is 11.6 Å². The van der Waals surface area contributed by atoms with Crippen LogP contribution in [-0.2, 0) is 4.79 Å². The molecular formula is C23H19ClN4O2S. The topological polar surface area (TPSA) is 76.9 Å². The highest BCUT2D eigenvalue weighted by atomic mass is 35.5. The molecule has 0 radical (unpaired) electrons. The minimum Gasteiger partial charge on any atom is -0.325 e. The molecule has 8 heteroatoms. The van der Waals surface area contributed by atoms with Crippen LogP contribution in [0.25, 0.3) is 16.7 Å². The fourth-order valence-electron chi connectivity index (χ4n) is 3.02. The number of pyridine rings is 1. The Balaban J connectivity index is 1.72. The van der Waals surface area contributed by atoms with E-state index in [0.29, 0.717) is 32.6 Å². The molecule has 0 aliphatic rings. The molecule has 2 aromatic heterocycles. The molecule has 2 aromatic carbocycles. The molecule has 4 rings (SSSR count). The first-order chi connectivity index (χ1) is 14.9. The van der Waals surface area contributed by atoms with E-state index < -0.39 is 5.25 Å². The Hall–Kier alpha value is -3.16. The van der Waals surface area contributed by atoms with Crippen LogP contribution in [0.4, 0.5) is 5.69 Å². The number of hydrogen-bond acceptors (Lipinski definition) is 5. The molecule has 4 aromatic rings. The van der Waals surface area contributed by atoms with Crippen molar-refractivity contribution in [3.63, 3.8) is 0 Å². The minimum absolute atomic E-state index is 0.210. The van der Waals surface area contributed by atoms with Crippen molar-refractivity contribution in [1.29, 1.82) is 0 Å². The number of amides is 1. The molecule has 1 unspecified atom stereocenters. The number of halogens is 1. The van der Waals surface area contributed by atoms with E-state index in [0.717, 1.165) is 5.56 Å². The van der Waals surface area contributed by atoms with Crippen LogP contribution in [0.5, 0.6) is 0 Å². The van der Waals surface area contributed by atoms with E-state index in [9.17, 15) is 9.59 Å². The summed E-state index contributed by atoms with van der Waals surface area (Å²) in [5.74, 6) is 0.259. The van der Waals surface area contributed by atoms with Crippen molar-refractivity contribution >= 4 is 45.9 Å². The molecule has 1 amide bonds. The van der Waals surface area contributed by atoms with Crippen molar-refractivity contribution in [1.82, 2.24) is 14.5 Å². The van der Waals surface area contributed by atoms with Gasteiger partial charge in [0.1, 0.15) is 5.82 Å². The molecule has 1 atom stereocenters. The molecule has 6 nitrogen and oxygen atoms in total. The maximum absolute atomic E-state index is 13.3. The van der Waals surface area contributed by atoms with Gasteiger partial charge in [0, 0.05) is 16.9 Å². The lowest BCUT2D eigenvalue weighted by atomic mass is 10.2. The molecule has 0 bridgehead atoms. The molecule has 1 N–H and O–H groups in total. The predicted octanol–water partition coefficient (Wildman–Crippen LogP) is 4.86. The highest BCUT2D eigenvalue weighted by Crippen LogP contribution is 2.26. The summed E-state index contributed by atoms with van der Waals surface area (Å²) in [5.41, 5.74) is 1.96. The maximum atomic E-state index is 13.3. The second kappa shape index (κ2) is 8.91. The van der Waals surface area contributed by atoms with Crippen molar-refractivity contribution in [3.05, 3.63) is 87.8 Å². The molecule has 0 aliphatic carbocycles. The van der Waals surface area contributed by atoms with Gasteiger partial charge in [0.15, 0.2) is 5.16 Å². The van der Waals surface area contributed by atoms with Crippen molar-refractivity contribution in [3.8, 4) is 5.82 Å². The van der Waals surface area contributed by atoms with Crippen molar-refractivity contribution < 1.29 is 4.79 Å². The van der Waals surface area contributed by atoms with Crippen LogP contribution in [0.15, 0.2) is 76.8 Å². The van der Waals surface area contributed by atoms with Crippen LogP contribution < -0.4 is 10.9 Å². The number of aryl methyl sites for hydroxylation is 1. The molecule has 2 heterocycles. The highest BCUT2D eigenvalue weighted by Gasteiger charge is 2.21. The summed E-state index contributed by atoms with van der Waals surface area (Å²) in [6, 6.07) is 17.7. The normalized spacial score (nSPS) is 12.0. The standard InChI is InChI=1S/C23H19ClN4O2S/c1-14-11-12-25-20(13-14)28-22(30)18-5-3-4-6-19(18)27-23(28)31-15(2)21(29)26-17-9-7-16(24)8-10-17/h3-13,15H,1-2H3,(H,26,29). The summed E-state index contributed by atoms with van der Waals surface area (Å²) < 4.78 is 1.46. The SMILES string of the molecule is Cc1ccnc(-n2c(SC(C)C(=O)Nc3ccc(Cl)cc3)nc3ccccc3c2=O)c1. The zero-order valence-electron chi connectivity index (χ0n) is 16.9. The van der Waals surface area contributed by atoms with Gasteiger partial charge in [0.25, 0.3) is 5.56 Å². The molecule has 156 valence electrons. The van der Waals surface area contributed by atoms with E-state index in [1.165, 1.54) is 16.3 Å². The van der Waals surface area contributed by atoms with Crippen molar-refractivity contribution in [2.45, 2.75) is 24.3 Å². The number of aromatic nitrogens is 3. The van der Waals surface area contributed by atoms with Crippen LogP contribution in [0.1, 0.15) is 12.5 Å². The predicted molar refractivity (Wildman–Crippen MR) is 125 cm³/mol. The summed E-state index contributed by atoms with van der Waals surface area (Å²) in [7, 11) is 0. The van der Waals surface area contributed by atoms with E-state index in [2.05, 4.69) is 15.3 Å². The van der Waals surface area contributed by atoms with Crippen molar-refractivity contribution in [2.24, 2.45) is 0 Å². The van der Waals surface area contributed by atoms with Crippen LogP contribution in [0, 0.1) is 6.92 Å². The Labute approximate surface area is 188 Å². The summed E-state index contributed by atoms with van der Waals surface area (Å²) in [4.78, 5) is 35.1. The number of anilines is 1. The second-order valence-corrected chi connectivity index (χ2v) is 8.74. The van der Waals surface area contributed by atoms with Gasteiger partial charge in [-0.15, -0.1) is 0 Å². The van der Waals surface area contributed by atoms with Gasteiger partial charge in [-0.3, -0.25) is 9.59 Å². The van der Waals surface area contributed by atoms with Crippen molar-refractivity contribution in [2.75, 3.05) is 5.32 Å². The molecular weight excluding hydrogens is 432 g/mol. The van der Waals surface area contributed by atoms with Gasteiger partial charge >= 0.3 is 0 Å². The lowest BCUT2D eigenvalue weighted by Crippen LogP contribution is -2.26. The smallest absolute Gasteiger partial charge is 0.267 e. The molecule has 0 fully saturated rings. The molecule has 0 saturated heterocycles. The number of carbonyl (C=O) groups excluding carboxylic acids is 1. The number of rotatable bonds is 5. The van der Waals surface area contributed by atoms with Crippen LogP contribution >= 0.6 is 23.4 Å². The third kappa shape index (κ3) is 4.62. The van der Waals surface area contributed by atoms with Gasteiger partial charge in [0.05, 0.1) is 16.2 Å². The number of thioether (sulfide) groups is 1. The van der Waals surface area contributed by atoms with Gasteiger partial charge < -0.3 is 5.32 Å². The highest BCUT2D eigenvalue weighted by molar-refractivity contribution is 8.00. The first-order valence-corrected chi connectivity index (χ1v) is 10.9. The number of para-hydroxylation sites is 1. The quantitative estimate of drug-likeness (QED) is 0.347. The van der Waals surface area contributed by atoms with Gasteiger partial charge in [-0.05, 0) is 67.9 Å². The number of benzene rings is 2. The van der Waals surface area contributed by atoms with E-state index in [-0.39, 0.29) is 11.5 Å². The number of nitrogens with one attached hydrogen (secondary N) is 1. The third-order valence-corrected chi connectivity index (χ3v) is 5.94. The molecule has 0 aliphatic heterocycles. The zero-order valence-corrected chi connectivity index (χ0v) is 18.4. The summed E-state index contributed by atoms with van der Waals surface area (Å²) in [5, 5.41) is 3.84. The Morgan fingerprint density at radius 2 is 1.87 bits per heavy atom. The second-order valence-electron chi connectivity index (χ2n) is 7.00. The molecule has 0 spiro atoms. The number of hydrogen-bond donors (Lipinski definition) is 1. The van der Waals surface area contributed by atoms with Gasteiger partial charge in [-0.1, -0.05) is 35.5 Å². The Morgan fingerprint density at radius 1 is 1.13 bits per heavy atom. The summed E-state index contributed by atoms with van der Waals surface area (Å²) in [6.45, 7) is 3.70. The van der Waals surface area contributed by atoms with Crippen LogP contribution in [0.3, 0.4) is 0 Å². The zero-order chi connectivity index (χ0) is 22.0. The first kappa shape index (κ1) is 21.1. The average Bonchev–Trinajstić information content (AvgIpc) is 2.75.